The third kappa shape index (κ3) is 2.37. The van der Waals surface area contributed by atoms with Crippen LogP contribution in [0.2, 0.25) is 0 Å². The molecular weight excluding hydrogens is 156 g/mol. The number of ether oxygens (including phenoxy) is 1. The van der Waals surface area contributed by atoms with Crippen molar-refractivity contribution in [3.8, 4) is 11.5 Å². The van der Waals surface area contributed by atoms with E-state index in [2.05, 4.69) is 0 Å². The van der Waals surface area contributed by atoms with Crippen LogP contribution < -0.4 is 4.74 Å². The summed E-state index contributed by atoms with van der Waals surface area (Å²) >= 11 is 0. The Balaban J connectivity index is 0.000000810. The SMILES string of the molecule is COc1ccccc1O.[Ca]. The van der Waals surface area contributed by atoms with E-state index >= 15 is 0 Å². The number of phenols is 1. The zero-order valence-electron chi connectivity index (χ0n) is 5.87. The van der Waals surface area contributed by atoms with E-state index < -0.39 is 0 Å². The average molecular weight is 164 g/mol. The van der Waals surface area contributed by atoms with Gasteiger partial charge in [0.2, 0.25) is 0 Å². The first kappa shape index (κ1) is 10.1. The van der Waals surface area contributed by atoms with Crippen molar-refractivity contribution in [2.24, 2.45) is 0 Å². The fourth-order valence-corrected chi connectivity index (χ4v) is 0.630. The standard InChI is InChI=1S/C7H8O2.Ca/c1-9-7-5-3-2-4-6(7)8;/h2-5,8H,1H3;. The summed E-state index contributed by atoms with van der Waals surface area (Å²) in [6.07, 6.45) is 0. The number of aromatic hydroxyl groups is 1. The van der Waals surface area contributed by atoms with Crippen LogP contribution in [0.15, 0.2) is 24.3 Å². The number of hydrogen-bond donors (Lipinski definition) is 1. The summed E-state index contributed by atoms with van der Waals surface area (Å²) in [5.41, 5.74) is 0. The Morgan fingerprint density at radius 3 is 2.30 bits per heavy atom. The van der Waals surface area contributed by atoms with Crippen LogP contribution in [0.4, 0.5) is 0 Å². The third-order valence-electron chi connectivity index (χ3n) is 1.09. The molecule has 0 aliphatic carbocycles. The molecule has 0 aliphatic rings. The van der Waals surface area contributed by atoms with E-state index in [-0.39, 0.29) is 43.5 Å². The second-order valence-electron chi connectivity index (χ2n) is 1.67. The van der Waals surface area contributed by atoms with Crippen molar-refractivity contribution in [2.45, 2.75) is 0 Å². The van der Waals surface area contributed by atoms with E-state index in [1.807, 2.05) is 0 Å². The molecule has 0 bridgehead atoms. The molecule has 1 aromatic rings. The third-order valence-corrected chi connectivity index (χ3v) is 1.09. The second kappa shape index (κ2) is 4.83. The Morgan fingerprint density at radius 1 is 1.30 bits per heavy atom. The maximum Gasteiger partial charge on any atom is 0.160 e. The van der Waals surface area contributed by atoms with Crippen LogP contribution in [0, 0.1) is 0 Å². The average Bonchev–Trinajstić information content (AvgIpc) is 1.89. The number of para-hydroxylation sites is 2. The smallest absolute Gasteiger partial charge is 0.160 e. The zero-order chi connectivity index (χ0) is 6.69. The van der Waals surface area contributed by atoms with Gasteiger partial charge in [-0.2, -0.15) is 0 Å². The molecule has 2 radical (unpaired) electrons. The Hall–Kier alpha value is 0.0797. The Bertz CT molecular complexity index is 201. The summed E-state index contributed by atoms with van der Waals surface area (Å²) in [4.78, 5) is 0. The molecule has 3 heteroatoms. The summed E-state index contributed by atoms with van der Waals surface area (Å²) in [7, 11) is 1.52. The molecule has 1 rings (SSSR count). The van der Waals surface area contributed by atoms with Gasteiger partial charge in [0.1, 0.15) is 0 Å². The van der Waals surface area contributed by atoms with Gasteiger partial charge in [0.25, 0.3) is 0 Å². The van der Waals surface area contributed by atoms with Gasteiger partial charge in [-0.25, -0.2) is 0 Å². The van der Waals surface area contributed by atoms with Gasteiger partial charge in [0.15, 0.2) is 11.5 Å². The largest absolute Gasteiger partial charge is 0.504 e. The van der Waals surface area contributed by atoms with E-state index in [0.29, 0.717) is 5.75 Å². The van der Waals surface area contributed by atoms with Crippen molar-refractivity contribution in [2.75, 3.05) is 7.11 Å². The minimum Gasteiger partial charge on any atom is -0.504 e. The molecule has 0 saturated heterocycles. The van der Waals surface area contributed by atoms with Crippen LogP contribution in [0.25, 0.3) is 0 Å². The van der Waals surface area contributed by atoms with Gasteiger partial charge in [-0.1, -0.05) is 12.1 Å². The molecule has 0 spiro atoms. The molecule has 0 atom stereocenters. The monoisotopic (exact) mass is 164 g/mol. The molecule has 2 nitrogen and oxygen atoms in total. The van der Waals surface area contributed by atoms with E-state index in [1.165, 1.54) is 7.11 Å². The summed E-state index contributed by atoms with van der Waals surface area (Å²) in [6, 6.07) is 6.84. The molecule has 0 aliphatic heterocycles. The fraction of sp³-hybridized carbons (Fsp3) is 0.143. The predicted molar refractivity (Wildman–Crippen MR) is 40.4 cm³/mol. The van der Waals surface area contributed by atoms with Gasteiger partial charge in [0, 0.05) is 37.7 Å². The molecule has 1 aromatic carbocycles. The number of methoxy groups -OCH3 is 1. The minimum atomic E-state index is 0. The number of hydrogen-bond acceptors (Lipinski definition) is 2. The van der Waals surface area contributed by atoms with Crippen molar-refractivity contribution < 1.29 is 9.84 Å². The van der Waals surface area contributed by atoms with Crippen LogP contribution in [0.5, 0.6) is 11.5 Å². The quantitative estimate of drug-likeness (QED) is 0.628. The molecule has 0 aromatic heterocycles. The van der Waals surface area contributed by atoms with Gasteiger partial charge in [-0.3, -0.25) is 0 Å². The van der Waals surface area contributed by atoms with Crippen LogP contribution in [-0.2, 0) is 0 Å². The van der Waals surface area contributed by atoms with Crippen molar-refractivity contribution in [3.63, 3.8) is 0 Å². The molecular formula is C7H8CaO2. The number of rotatable bonds is 1. The van der Waals surface area contributed by atoms with Crippen LogP contribution in [-0.4, -0.2) is 50.0 Å². The van der Waals surface area contributed by atoms with Crippen LogP contribution in [0.1, 0.15) is 0 Å². The summed E-state index contributed by atoms with van der Waals surface area (Å²) in [6.45, 7) is 0. The molecule has 50 valence electrons. The Morgan fingerprint density at radius 2 is 1.90 bits per heavy atom. The second-order valence-corrected chi connectivity index (χ2v) is 1.67. The molecule has 0 saturated carbocycles. The number of benzene rings is 1. The van der Waals surface area contributed by atoms with Gasteiger partial charge in [-0.15, -0.1) is 0 Å². The minimum absolute atomic E-state index is 0. The maximum absolute atomic E-state index is 8.99. The Kier molecular flexibility index (Phi) is 4.87. The summed E-state index contributed by atoms with van der Waals surface area (Å²) in [5.74, 6) is 0.692. The van der Waals surface area contributed by atoms with Crippen molar-refractivity contribution in [1.29, 1.82) is 0 Å². The molecule has 1 N–H and O–H groups in total. The van der Waals surface area contributed by atoms with Crippen molar-refractivity contribution in [1.82, 2.24) is 0 Å². The predicted octanol–water partition coefficient (Wildman–Crippen LogP) is 1.02. The summed E-state index contributed by atoms with van der Waals surface area (Å²) < 4.78 is 4.79. The van der Waals surface area contributed by atoms with E-state index in [1.54, 1.807) is 24.3 Å². The van der Waals surface area contributed by atoms with Crippen LogP contribution in [0.3, 0.4) is 0 Å². The molecule has 0 fully saturated rings. The zero-order valence-corrected chi connectivity index (χ0v) is 8.08. The van der Waals surface area contributed by atoms with Gasteiger partial charge in [-0.05, 0) is 12.1 Å². The summed E-state index contributed by atoms with van der Waals surface area (Å²) in [5, 5.41) is 8.99. The fourth-order valence-electron chi connectivity index (χ4n) is 0.630. The first-order valence-electron chi connectivity index (χ1n) is 2.66. The van der Waals surface area contributed by atoms with Gasteiger partial charge in [0.05, 0.1) is 7.11 Å². The maximum atomic E-state index is 8.99. The first-order valence-corrected chi connectivity index (χ1v) is 2.66. The van der Waals surface area contributed by atoms with Gasteiger partial charge >= 0.3 is 0 Å². The normalized spacial score (nSPS) is 8.10. The molecule has 0 unspecified atom stereocenters. The van der Waals surface area contributed by atoms with Crippen molar-refractivity contribution in [3.05, 3.63) is 24.3 Å². The number of phenolic OH excluding ortho intramolecular Hbond substituents is 1. The van der Waals surface area contributed by atoms with E-state index in [9.17, 15) is 0 Å². The van der Waals surface area contributed by atoms with Crippen molar-refractivity contribution >= 4 is 37.7 Å². The molecule has 0 amide bonds. The van der Waals surface area contributed by atoms with Gasteiger partial charge < -0.3 is 9.84 Å². The van der Waals surface area contributed by atoms with Crippen LogP contribution >= 0.6 is 0 Å². The molecule has 0 heterocycles. The first-order chi connectivity index (χ1) is 4.34. The van der Waals surface area contributed by atoms with E-state index in [4.69, 9.17) is 9.84 Å². The molecule has 10 heavy (non-hydrogen) atoms. The Labute approximate surface area is 89.8 Å². The van der Waals surface area contributed by atoms with E-state index in [0.717, 1.165) is 0 Å². The topological polar surface area (TPSA) is 29.5 Å².